The molecule has 1 heterocycles. The molecule has 0 aromatic carbocycles. The summed E-state index contributed by atoms with van der Waals surface area (Å²) in [7, 11) is 0. The summed E-state index contributed by atoms with van der Waals surface area (Å²) >= 11 is 0.801. The van der Waals surface area contributed by atoms with E-state index in [1.54, 1.807) is 0 Å². The highest BCUT2D eigenvalue weighted by atomic mass is 32.2. The molecule has 1 saturated heterocycles. The van der Waals surface area contributed by atoms with Gasteiger partial charge in [0.15, 0.2) is 0 Å². The third-order valence-electron chi connectivity index (χ3n) is 0.766. The zero-order valence-electron chi connectivity index (χ0n) is 4.14. The third kappa shape index (κ3) is 1.31. The van der Waals surface area contributed by atoms with Crippen molar-refractivity contribution in [1.29, 1.82) is 0 Å². The zero-order chi connectivity index (χ0) is 5.98. The van der Waals surface area contributed by atoms with Gasteiger partial charge in [-0.1, -0.05) is 0 Å². The summed E-state index contributed by atoms with van der Waals surface area (Å²) < 4.78 is 0. The van der Waals surface area contributed by atoms with Crippen molar-refractivity contribution in [2.75, 3.05) is 13.1 Å². The van der Waals surface area contributed by atoms with Crippen LogP contribution in [0.1, 0.15) is 0 Å². The molecule has 1 aliphatic heterocycles. The van der Waals surface area contributed by atoms with Crippen molar-refractivity contribution in [1.82, 2.24) is 5.32 Å². The van der Waals surface area contributed by atoms with Gasteiger partial charge in [-0.3, -0.25) is 9.59 Å². The molecular weight excluding hydrogens is 126 g/mol. The van der Waals surface area contributed by atoms with Crippen LogP contribution in [0.5, 0.6) is 0 Å². The molecule has 0 aromatic rings. The van der Waals surface area contributed by atoms with Crippen LogP contribution in [0.25, 0.3) is 0 Å². The Kier molecular flexibility index (Phi) is 1.65. The second kappa shape index (κ2) is 2.28. The Morgan fingerprint density at radius 1 is 1.25 bits per heavy atom. The van der Waals surface area contributed by atoms with Crippen molar-refractivity contribution >= 4 is 22.0 Å². The van der Waals surface area contributed by atoms with Gasteiger partial charge in [0.25, 0.3) is 0 Å². The fourth-order valence-electron chi connectivity index (χ4n) is 0.466. The minimum Gasteiger partial charge on any atom is -0.302 e. The molecule has 3 nitrogen and oxygen atoms in total. The molecular formula is C4H5NO2S. The molecule has 4 heteroatoms. The Balaban J connectivity index is 2.45. The van der Waals surface area contributed by atoms with E-state index < -0.39 is 0 Å². The minimum absolute atomic E-state index is 0.0822. The van der Waals surface area contributed by atoms with Crippen LogP contribution >= 0.6 is 11.8 Å². The number of thioether (sulfide) groups is 1. The molecule has 0 aliphatic carbocycles. The van der Waals surface area contributed by atoms with E-state index in [-0.39, 0.29) is 10.2 Å². The van der Waals surface area contributed by atoms with Gasteiger partial charge in [0.05, 0.1) is 13.1 Å². The lowest BCUT2D eigenvalue weighted by molar-refractivity contribution is -0.114. The SMILES string of the molecule is O=C1CNCC(=O)S1. The van der Waals surface area contributed by atoms with E-state index in [1.165, 1.54) is 0 Å². The van der Waals surface area contributed by atoms with Crippen LogP contribution in [0.15, 0.2) is 0 Å². The maximum absolute atomic E-state index is 10.4. The number of carbonyl (C=O) groups is 2. The first kappa shape index (κ1) is 5.78. The van der Waals surface area contributed by atoms with Gasteiger partial charge in [-0.05, 0) is 11.8 Å². The largest absolute Gasteiger partial charge is 0.302 e. The van der Waals surface area contributed by atoms with Gasteiger partial charge in [-0.25, -0.2) is 0 Å². The van der Waals surface area contributed by atoms with Crippen molar-refractivity contribution < 1.29 is 9.59 Å². The molecule has 0 atom stereocenters. The highest BCUT2D eigenvalue weighted by molar-refractivity contribution is 8.26. The lowest BCUT2D eigenvalue weighted by atomic mass is 10.6. The predicted octanol–water partition coefficient (Wildman–Crippen LogP) is -0.624. The molecule has 1 aliphatic rings. The molecule has 1 rings (SSSR count). The standard InChI is InChI=1S/C4H5NO2S/c6-3-1-5-2-4(7)8-3/h5H,1-2H2. The maximum atomic E-state index is 10.4. The molecule has 0 radical (unpaired) electrons. The summed E-state index contributed by atoms with van der Waals surface area (Å²) in [6, 6.07) is 0. The second-order valence-electron chi connectivity index (χ2n) is 1.45. The van der Waals surface area contributed by atoms with Crippen LogP contribution in [-0.2, 0) is 9.59 Å². The first-order valence-electron chi connectivity index (χ1n) is 2.23. The van der Waals surface area contributed by atoms with E-state index in [2.05, 4.69) is 5.32 Å². The third-order valence-corrected chi connectivity index (χ3v) is 1.51. The number of nitrogens with one attached hydrogen (secondary N) is 1. The summed E-state index contributed by atoms with van der Waals surface area (Å²) in [6.07, 6.45) is 0. The quantitative estimate of drug-likeness (QED) is 0.475. The Morgan fingerprint density at radius 2 is 1.75 bits per heavy atom. The fourth-order valence-corrected chi connectivity index (χ4v) is 1.07. The predicted molar refractivity (Wildman–Crippen MR) is 30.5 cm³/mol. The first-order chi connectivity index (χ1) is 3.79. The van der Waals surface area contributed by atoms with Gasteiger partial charge >= 0.3 is 0 Å². The molecule has 44 valence electrons. The molecule has 8 heavy (non-hydrogen) atoms. The molecule has 0 bridgehead atoms. The van der Waals surface area contributed by atoms with Gasteiger partial charge in [0, 0.05) is 0 Å². The van der Waals surface area contributed by atoms with Crippen LogP contribution in [-0.4, -0.2) is 23.3 Å². The van der Waals surface area contributed by atoms with Crippen molar-refractivity contribution in [3.63, 3.8) is 0 Å². The van der Waals surface area contributed by atoms with Gasteiger partial charge in [0.2, 0.25) is 10.2 Å². The highest BCUT2D eigenvalue weighted by Gasteiger charge is 2.15. The molecule has 0 spiro atoms. The van der Waals surface area contributed by atoms with E-state index >= 15 is 0 Å². The Labute approximate surface area is 50.8 Å². The van der Waals surface area contributed by atoms with Crippen LogP contribution in [0.4, 0.5) is 0 Å². The monoisotopic (exact) mass is 131 g/mol. The van der Waals surface area contributed by atoms with E-state index in [4.69, 9.17) is 0 Å². The number of hydrogen-bond donors (Lipinski definition) is 1. The second-order valence-corrected chi connectivity index (χ2v) is 2.56. The minimum atomic E-state index is -0.0822. The van der Waals surface area contributed by atoms with E-state index in [9.17, 15) is 9.59 Å². The highest BCUT2D eigenvalue weighted by Crippen LogP contribution is 2.05. The fraction of sp³-hybridized carbons (Fsp3) is 0.500. The van der Waals surface area contributed by atoms with Crippen LogP contribution < -0.4 is 5.32 Å². The van der Waals surface area contributed by atoms with Crippen molar-refractivity contribution in [3.8, 4) is 0 Å². The van der Waals surface area contributed by atoms with E-state index in [0.717, 1.165) is 11.8 Å². The van der Waals surface area contributed by atoms with E-state index in [0.29, 0.717) is 13.1 Å². The number of hydrogen-bond acceptors (Lipinski definition) is 4. The summed E-state index contributed by atoms with van der Waals surface area (Å²) in [6.45, 7) is 0.660. The van der Waals surface area contributed by atoms with Crippen LogP contribution in [0.2, 0.25) is 0 Å². The van der Waals surface area contributed by atoms with Crippen LogP contribution in [0.3, 0.4) is 0 Å². The van der Waals surface area contributed by atoms with Gasteiger partial charge in [-0.2, -0.15) is 0 Å². The first-order valence-corrected chi connectivity index (χ1v) is 3.05. The van der Waals surface area contributed by atoms with Crippen LogP contribution in [0, 0.1) is 0 Å². The smallest absolute Gasteiger partial charge is 0.210 e. The molecule has 1 fully saturated rings. The molecule has 0 aromatic heterocycles. The maximum Gasteiger partial charge on any atom is 0.210 e. The van der Waals surface area contributed by atoms with Gasteiger partial charge < -0.3 is 5.32 Å². The number of rotatable bonds is 0. The average molecular weight is 131 g/mol. The van der Waals surface area contributed by atoms with Gasteiger partial charge in [0.1, 0.15) is 0 Å². The number of carbonyl (C=O) groups excluding carboxylic acids is 2. The lowest BCUT2D eigenvalue weighted by Crippen LogP contribution is -2.32. The molecule has 0 unspecified atom stereocenters. The Hall–Kier alpha value is -0.350. The lowest BCUT2D eigenvalue weighted by Gasteiger charge is -2.06. The molecule has 0 saturated carbocycles. The van der Waals surface area contributed by atoms with Crippen molar-refractivity contribution in [2.45, 2.75) is 0 Å². The summed E-state index contributed by atoms with van der Waals surface area (Å²) in [5.41, 5.74) is 0. The summed E-state index contributed by atoms with van der Waals surface area (Å²) in [5.74, 6) is 0. The molecule has 0 amide bonds. The zero-order valence-corrected chi connectivity index (χ0v) is 4.96. The topological polar surface area (TPSA) is 46.2 Å². The Bertz CT molecular complexity index is 120. The Morgan fingerprint density at radius 3 is 2.00 bits per heavy atom. The van der Waals surface area contributed by atoms with Gasteiger partial charge in [-0.15, -0.1) is 0 Å². The van der Waals surface area contributed by atoms with Crippen molar-refractivity contribution in [3.05, 3.63) is 0 Å². The summed E-state index contributed by atoms with van der Waals surface area (Å²) in [4.78, 5) is 20.7. The average Bonchev–Trinajstić information content (AvgIpc) is 1.64. The normalized spacial score (nSPS) is 21.5. The molecule has 1 N–H and O–H groups in total. The summed E-state index contributed by atoms with van der Waals surface area (Å²) in [5, 5.41) is 2.50. The van der Waals surface area contributed by atoms with E-state index in [1.807, 2.05) is 0 Å². The van der Waals surface area contributed by atoms with Crippen molar-refractivity contribution in [2.24, 2.45) is 0 Å².